The lowest BCUT2D eigenvalue weighted by Crippen LogP contribution is -2.47. The van der Waals surface area contributed by atoms with E-state index in [9.17, 15) is 8.42 Å². The third kappa shape index (κ3) is 3.19. The number of nitrogens with zero attached hydrogens (tertiary/aromatic N) is 1. The Bertz CT molecular complexity index is 333. The van der Waals surface area contributed by atoms with Gasteiger partial charge in [0.15, 0.2) is 0 Å². The molecule has 100 valence electrons. The highest BCUT2D eigenvalue weighted by Crippen LogP contribution is 2.26. The zero-order valence-corrected chi connectivity index (χ0v) is 11.2. The molecule has 5 nitrogen and oxygen atoms in total. The minimum atomic E-state index is -3.11. The van der Waals surface area contributed by atoms with E-state index in [1.165, 1.54) is 4.31 Å². The van der Waals surface area contributed by atoms with Crippen LogP contribution in [0.15, 0.2) is 0 Å². The first kappa shape index (κ1) is 13.3. The third-order valence-electron chi connectivity index (χ3n) is 3.62. The standard InChI is InChI=1S/C11H22N2O3S/c1-13(9-10-8-12-6-7-16-10)17(14,15)11-4-2-3-5-11/h10-12H,2-9H2,1H3. The van der Waals surface area contributed by atoms with Crippen molar-refractivity contribution in [3.05, 3.63) is 0 Å². The molecule has 2 rings (SSSR count). The van der Waals surface area contributed by atoms with Crippen molar-refractivity contribution in [2.24, 2.45) is 0 Å². The van der Waals surface area contributed by atoms with Gasteiger partial charge in [0.25, 0.3) is 0 Å². The summed E-state index contributed by atoms with van der Waals surface area (Å²) in [7, 11) is -1.44. The average molecular weight is 262 g/mol. The molecule has 0 bridgehead atoms. The zero-order valence-electron chi connectivity index (χ0n) is 10.4. The summed E-state index contributed by atoms with van der Waals surface area (Å²) in [6.07, 6.45) is 3.70. The van der Waals surface area contributed by atoms with Crippen molar-refractivity contribution < 1.29 is 13.2 Å². The van der Waals surface area contributed by atoms with Crippen LogP contribution in [-0.2, 0) is 14.8 Å². The summed E-state index contributed by atoms with van der Waals surface area (Å²) in [6, 6.07) is 0. The third-order valence-corrected chi connectivity index (χ3v) is 5.95. The van der Waals surface area contributed by atoms with Gasteiger partial charge in [-0.25, -0.2) is 12.7 Å². The van der Waals surface area contributed by atoms with Crippen molar-refractivity contribution in [1.29, 1.82) is 0 Å². The van der Waals surface area contributed by atoms with Crippen molar-refractivity contribution in [1.82, 2.24) is 9.62 Å². The number of ether oxygens (including phenoxy) is 1. The molecule has 1 atom stereocenters. The molecule has 0 aromatic rings. The topological polar surface area (TPSA) is 58.6 Å². The predicted molar refractivity (Wildman–Crippen MR) is 66.4 cm³/mol. The van der Waals surface area contributed by atoms with Gasteiger partial charge in [-0.05, 0) is 12.8 Å². The van der Waals surface area contributed by atoms with Crippen molar-refractivity contribution in [3.8, 4) is 0 Å². The summed E-state index contributed by atoms with van der Waals surface area (Å²) >= 11 is 0. The summed E-state index contributed by atoms with van der Waals surface area (Å²) in [6.45, 7) is 2.73. The summed E-state index contributed by atoms with van der Waals surface area (Å²) in [4.78, 5) is 0. The number of rotatable bonds is 4. The highest BCUT2D eigenvalue weighted by Gasteiger charge is 2.33. The molecule has 1 saturated heterocycles. The van der Waals surface area contributed by atoms with E-state index in [1.54, 1.807) is 7.05 Å². The predicted octanol–water partition coefficient (Wildman–Crippen LogP) is 0.179. The second kappa shape index (κ2) is 5.65. The molecule has 2 aliphatic rings. The van der Waals surface area contributed by atoms with Gasteiger partial charge < -0.3 is 10.1 Å². The highest BCUT2D eigenvalue weighted by molar-refractivity contribution is 7.89. The van der Waals surface area contributed by atoms with E-state index in [-0.39, 0.29) is 11.4 Å². The molecule has 0 radical (unpaired) electrons. The molecule has 6 heteroatoms. The lowest BCUT2D eigenvalue weighted by molar-refractivity contribution is 0.0205. The molecule has 1 aliphatic heterocycles. The Balaban J connectivity index is 1.91. The molecule has 0 aromatic carbocycles. The van der Waals surface area contributed by atoms with E-state index in [4.69, 9.17) is 4.74 Å². The first-order valence-corrected chi connectivity index (χ1v) is 7.88. The first-order chi connectivity index (χ1) is 8.10. The Morgan fingerprint density at radius 2 is 2.06 bits per heavy atom. The fraction of sp³-hybridized carbons (Fsp3) is 1.00. The van der Waals surface area contributed by atoms with E-state index in [1.807, 2.05) is 0 Å². The van der Waals surface area contributed by atoms with Crippen molar-refractivity contribution in [3.63, 3.8) is 0 Å². The van der Waals surface area contributed by atoms with Crippen molar-refractivity contribution >= 4 is 10.0 Å². The maximum absolute atomic E-state index is 12.3. The maximum Gasteiger partial charge on any atom is 0.216 e. The molecular weight excluding hydrogens is 240 g/mol. The van der Waals surface area contributed by atoms with E-state index in [2.05, 4.69) is 5.32 Å². The van der Waals surface area contributed by atoms with Gasteiger partial charge in [-0.3, -0.25) is 0 Å². The smallest absolute Gasteiger partial charge is 0.216 e. The monoisotopic (exact) mass is 262 g/mol. The summed E-state index contributed by atoms with van der Waals surface area (Å²) in [5.74, 6) is 0. The second-order valence-electron chi connectivity index (χ2n) is 4.93. The largest absolute Gasteiger partial charge is 0.374 e. The molecule has 1 saturated carbocycles. The number of morpholine rings is 1. The van der Waals surface area contributed by atoms with E-state index in [0.29, 0.717) is 13.2 Å². The quantitative estimate of drug-likeness (QED) is 0.785. The molecule has 0 spiro atoms. The van der Waals surface area contributed by atoms with Gasteiger partial charge in [0.05, 0.1) is 18.0 Å². The van der Waals surface area contributed by atoms with Gasteiger partial charge in [-0.2, -0.15) is 0 Å². The number of likely N-dealkylation sites (N-methyl/N-ethyl adjacent to an activating group) is 1. The van der Waals surface area contributed by atoms with Crippen LogP contribution < -0.4 is 5.32 Å². The van der Waals surface area contributed by atoms with Crippen molar-refractivity contribution in [2.45, 2.75) is 37.0 Å². The van der Waals surface area contributed by atoms with Gasteiger partial charge in [-0.15, -0.1) is 0 Å². The Kier molecular flexibility index (Phi) is 4.41. The minimum Gasteiger partial charge on any atom is -0.374 e. The van der Waals surface area contributed by atoms with Crippen LogP contribution in [0.5, 0.6) is 0 Å². The van der Waals surface area contributed by atoms with Gasteiger partial charge >= 0.3 is 0 Å². The number of nitrogens with one attached hydrogen (secondary N) is 1. The maximum atomic E-state index is 12.3. The average Bonchev–Trinajstić information content (AvgIpc) is 2.84. The van der Waals surface area contributed by atoms with E-state index < -0.39 is 10.0 Å². The molecule has 1 unspecified atom stereocenters. The van der Waals surface area contributed by atoms with Crippen LogP contribution in [0.1, 0.15) is 25.7 Å². The molecule has 2 fully saturated rings. The lowest BCUT2D eigenvalue weighted by Gasteiger charge is -2.29. The molecule has 1 heterocycles. The molecule has 1 N–H and O–H groups in total. The van der Waals surface area contributed by atoms with Crippen LogP contribution in [0.3, 0.4) is 0 Å². The van der Waals surface area contributed by atoms with E-state index in [0.717, 1.165) is 38.8 Å². The fourth-order valence-electron chi connectivity index (χ4n) is 2.57. The Morgan fingerprint density at radius 1 is 1.35 bits per heavy atom. The van der Waals surface area contributed by atoms with Crippen LogP contribution in [0.25, 0.3) is 0 Å². The minimum absolute atomic E-state index is 0.00933. The molecular formula is C11H22N2O3S. The normalized spacial score (nSPS) is 27.8. The van der Waals surface area contributed by atoms with Crippen LogP contribution in [0, 0.1) is 0 Å². The molecule has 0 amide bonds. The lowest BCUT2D eigenvalue weighted by atomic mass is 10.3. The number of hydrogen-bond donors (Lipinski definition) is 1. The van der Waals surface area contributed by atoms with Gasteiger partial charge in [0.1, 0.15) is 0 Å². The van der Waals surface area contributed by atoms with E-state index >= 15 is 0 Å². The Labute approximate surface area is 104 Å². The number of sulfonamides is 1. The molecule has 17 heavy (non-hydrogen) atoms. The van der Waals surface area contributed by atoms with Crippen molar-refractivity contribution in [2.75, 3.05) is 33.3 Å². The molecule has 1 aliphatic carbocycles. The number of hydrogen-bond acceptors (Lipinski definition) is 4. The van der Waals surface area contributed by atoms with Crippen LogP contribution >= 0.6 is 0 Å². The van der Waals surface area contributed by atoms with Crippen LogP contribution in [-0.4, -0.2) is 57.4 Å². The Hall–Kier alpha value is -0.170. The van der Waals surface area contributed by atoms with Crippen LogP contribution in [0.2, 0.25) is 0 Å². The zero-order chi connectivity index (χ0) is 12.3. The molecule has 0 aromatic heterocycles. The van der Waals surface area contributed by atoms with Gasteiger partial charge in [-0.1, -0.05) is 12.8 Å². The summed E-state index contributed by atoms with van der Waals surface area (Å²) < 4.78 is 31.5. The SMILES string of the molecule is CN(CC1CNCCO1)S(=O)(=O)C1CCCC1. The van der Waals surface area contributed by atoms with Crippen LogP contribution in [0.4, 0.5) is 0 Å². The second-order valence-corrected chi connectivity index (χ2v) is 7.25. The highest BCUT2D eigenvalue weighted by atomic mass is 32.2. The fourth-order valence-corrected chi connectivity index (χ4v) is 4.38. The van der Waals surface area contributed by atoms with Gasteiger partial charge in [0, 0.05) is 26.7 Å². The van der Waals surface area contributed by atoms with Gasteiger partial charge in [0.2, 0.25) is 10.0 Å². The Morgan fingerprint density at radius 3 is 2.65 bits per heavy atom. The summed E-state index contributed by atoms with van der Waals surface area (Å²) in [5, 5.41) is 3.05. The first-order valence-electron chi connectivity index (χ1n) is 6.38. The summed E-state index contributed by atoms with van der Waals surface area (Å²) in [5.41, 5.74) is 0.